The van der Waals surface area contributed by atoms with Gasteiger partial charge in [-0.25, -0.2) is 13.6 Å². The fraction of sp³-hybridized carbons (Fsp3) is 0.160. The molecule has 0 saturated heterocycles. The minimum atomic E-state index is -0.626. The van der Waals surface area contributed by atoms with E-state index in [0.717, 1.165) is 11.1 Å². The molecule has 0 unspecified atom stereocenters. The molecule has 32 heavy (non-hydrogen) atoms. The number of halogens is 2. The number of hydrogen-bond donors (Lipinski definition) is 0. The van der Waals surface area contributed by atoms with Gasteiger partial charge in [0.1, 0.15) is 17.4 Å². The standard InChI is InChI=1S/C25H19F2NO4/c1-24(15-14-23(29)32-22-12-10-21(11-13-22)28(30)31)16-25(24,17-2-6-19(26)7-3-17)18-4-8-20(27)9-5-18/h2-15H,16H2,1H3/b15-14+/t24-/m0/s1. The van der Waals surface area contributed by atoms with Crippen molar-refractivity contribution in [3.05, 3.63) is 118 Å². The van der Waals surface area contributed by atoms with Crippen molar-refractivity contribution in [1.29, 1.82) is 0 Å². The van der Waals surface area contributed by atoms with E-state index < -0.39 is 21.7 Å². The SMILES string of the molecule is C[C@]1(/C=C/C(=O)Oc2ccc([N+](=O)[O-])cc2)CC1(c1ccc(F)cc1)c1ccc(F)cc1. The van der Waals surface area contributed by atoms with E-state index >= 15 is 0 Å². The molecule has 0 aliphatic heterocycles. The Hall–Kier alpha value is -3.87. The van der Waals surface area contributed by atoms with Gasteiger partial charge in [-0.3, -0.25) is 10.1 Å². The second kappa shape index (κ2) is 8.00. The zero-order valence-electron chi connectivity index (χ0n) is 17.1. The van der Waals surface area contributed by atoms with Crippen molar-refractivity contribution in [2.45, 2.75) is 18.8 Å². The lowest BCUT2D eigenvalue weighted by atomic mass is 9.80. The van der Waals surface area contributed by atoms with Crippen LogP contribution >= 0.6 is 0 Å². The molecule has 1 atom stereocenters. The van der Waals surface area contributed by atoms with Crippen molar-refractivity contribution in [2.75, 3.05) is 0 Å². The number of non-ortho nitro benzene ring substituents is 1. The lowest BCUT2D eigenvalue weighted by Crippen LogP contribution is -2.17. The molecule has 1 saturated carbocycles. The second-order valence-corrected chi connectivity index (χ2v) is 8.02. The smallest absolute Gasteiger partial charge is 0.335 e. The molecule has 1 fully saturated rings. The highest BCUT2D eigenvalue weighted by Crippen LogP contribution is 2.68. The van der Waals surface area contributed by atoms with E-state index in [2.05, 4.69) is 0 Å². The molecule has 0 N–H and O–H groups in total. The third kappa shape index (κ3) is 3.89. The zero-order chi connectivity index (χ0) is 22.9. The lowest BCUT2D eigenvalue weighted by Gasteiger charge is -2.22. The summed E-state index contributed by atoms with van der Waals surface area (Å²) in [6.07, 6.45) is 3.70. The molecule has 0 radical (unpaired) electrons. The van der Waals surface area contributed by atoms with Crippen LogP contribution in [0.2, 0.25) is 0 Å². The maximum atomic E-state index is 13.5. The summed E-state index contributed by atoms with van der Waals surface area (Å²) in [5.41, 5.74) is 0.590. The summed E-state index contributed by atoms with van der Waals surface area (Å²) in [5, 5.41) is 10.7. The number of esters is 1. The third-order valence-corrected chi connectivity index (χ3v) is 6.01. The van der Waals surface area contributed by atoms with Crippen LogP contribution in [0, 0.1) is 27.2 Å². The maximum absolute atomic E-state index is 13.5. The molecular formula is C25H19F2NO4. The molecule has 0 heterocycles. The normalized spacial score (nSPS) is 19.0. The van der Waals surface area contributed by atoms with E-state index in [1.165, 1.54) is 54.6 Å². The second-order valence-electron chi connectivity index (χ2n) is 8.02. The van der Waals surface area contributed by atoms with Crippen LogP contribution in [-0.4, -0.2) is 10.9 Å². The van der Waals surface area contributed by atoms with Crippen molar-refractivity contribution < 1.29 is 23.2 Å². The van der Waals surface area contributed by atoms with Crippen LogP contribution < -0.4 is 4.74 Å². The lowest BCUT2D eigenvalue weighted by molar-refractivity contribution is -0.384. The zero-order valence-corrected chi connectivity index (χ0v) is 17.1. The Kier molecular flexibility index (Phi) is 5.34. The molecular weight excluding hydrogens is 416 g/mol. The van der Waals surface area contributed by atoms with Crippen molar-refractivity contribution >= 4 is 11.7 Å². The average Bonchev–Trinajstić information content (AvgIpc) is 3.40. The van der Waals surface area contributed by atoms with Gasteiger partial charge in [-0.1, -0.05) is 37.3 Å². The van der Waals surface area contributed by atoms with Gasteiger partial charge in [0.15, 0.2) is 0 Å². The van der Waals surface area contributed by atoms with E-state index in [9.17, 15) is 23.7 Å². The fourth-order valence-corrected chi connectivity index (χ4v) is 4.24. The number of nitrogens with zero attached hydrogens (tertiary/aromatic N) is 1. The van der Waals surface area contributed by atoms with E-state index in [-0.39, 0.29) is 23.1 Å². The highest BCUT2D eigenvalue weighted by molar-refractivity contribution is 5.84. The van der Waals surface area contributed by atoms with Gasteiger partial charge in [0.25, 0.3) is 5.69 Å². The predicted molar refractivity (Wildman–Crippen MR) is 114 cm³/mol. The van der Waals surface area contributed by atoms with Crippen LogP contribution in [0.4, 0.5) is 14.5 Å². The van der Waals surface area contributed by atoms with E-state index in [0.29, 0.717) is 6.42 Å². The largest absolute Gasteiger partial charge is 0.423 e. The molecule has 162 valence electrons. The van der Waals surface area contributed by atoms with Crippen molar-refractivity contribution in [3.63, 3.8) is 0 Å². The Bertz CT molecular complexity index is 1140. The number of ether oxygens (including phenoxy) is 1. The number of nitro groups is 1. The predicted octanol–water partition coefficient (Wildman–Crippen LogP) is 5.73. The highest BCUT2D eigenvalue weighted by atomic mass is 19.1. The fourth-order valence-electron chi connectivity index (χ4n) is 4.24. The molecule has 4 rings (SSSR count). The van der Waals surface area contributed by atoms with E-state index in [4.69, 9.17) is 4.74 Å². The summed E-state index contributed by atoms with van der Waals surface area (Å²) in [4.78, 5) is 22.5. The first-order valence-corrected chi connectivity index (χ1v) is 9.91. The van der Waals surface area contributed by atoms with Gasteiger partial charge in [0, 0.05) is 29.0 Å². The maximum Gasteiger partial charge on any atom is 0.335 e. The first-order chi connectivity index (χ1) is 15.2. The minimum absolute atomic E-state index is 0.103. The third-order valence-electron chi connectivity index (χ3n) is 6.01. The Morgan fingerprint density at radius 3 is 1.91 bits per heavy atom. The van der Waals surface area contributed by atoms with Crippen LogP contribution in [-0.2, 0) is 10.2 Å². The molecule has 1 aliphatic rings. The summed E-state index contributed by atoms with van der Waals surface area (Å²) in [6, 6.07) is 17.5. The van der Waals surface area contributed by atoms with Crippen LogP contribution in [0.15, 0.2) is 84.9 Å². The Balaban J connectivity index is 1.58. The van der Waals surface area contributed by atoms with Crippen molar-refractivity contribution in [2.24, 2.45) is 5.41 Å². The molecule has 3 aromatic carbocycles. The Labute approximate surface area is 183 Å². The summed E-state index contributed by atoms with van der Waals surface area (Å²) < 4.78 is 32.3. The van der Waals surface area contributed by atoms with E-state index in [1.54, 1.807) is 30.3 Å². The van der Waals surface area contributed by atoms with Gasteiger partial charge in [0.2, 0.25) is 0 Å². The first-order valence-electron chi connectivity index (χ1n) is 9.91. The average molecular weight is 435 g/mol. The number of hydrogen-bond acceptors (Lipinski definition) is 4. The van der Waals surface area contributed by atoms with Crippen molar-refractivity contribution in [3.8, 4) is 5.75 Å². The van der Waals surface area contributed by atoms with Gasteiger partial charge in [-0.05, 0) is 53.9 Å². The summed E-state index contributed by atoms with van der Waals surface area (Å²) in [5.74, 6) is -1.14. The quantitative estimate of drug-likeness (QED) is 0.163. The molecule has 0 spiro atoms. The van der Waals surface area contributed by atoms with Gasteiger partial charge in [-0.15, -0.1) is 0 Å². The topological polar surface area (TPSA) is 69.4 Å². The molecule has 0 aromatic heterocycles. The van der Waals surface area contributed by atoms with Gasteiger partial charge < -0.3 is 4.74 Å². The van der Waals surface area contributed by atoms with Crippen LogP contribution in [0.5, 0.6) is 5.75 Å². The molecule has 0 bridgehead atoms. The minimum Gasteiger partial charge on any atom is -0.423 e. The Morgan fingerprint density at radius 2 is 1.44 bits per heavy atom. The van der Waals surface area contributed by atoms with Crippen LogP contribution in [0.1, 0.15) is 24.5 Å². The molecule has 1 aliphatic carbocycles. The summed E-state index contributed by atoms with van der Waals surface area (Å²) in [6.45, 7) is 1.97. The summed E-state index contributed by atoms with van der Waals surface area (Å²) >= 11 is 0. The number of carbonyl (C=O) groups excluding carboxylic acids is 1. The molecule has 0 amide bonds. The number of nitro benzene ring substituents is 1. The number of allylic oxidation sites excluding steroid dienone is 1. The van der Waals surface area contributed by atoms with E-state index in [1.807, 2.05) is 6.92 Å². The van der Waals surface area contributed by atoms with Crippen molar-refractivity contribution in [1.82, 2.24) is 0 Å². The highest BCUT2D eigenvalue weighted by Gasteiger charge is 2.64. The van der Waals surface area contributed by atoms with Crippen LogP contribution in [0.25, 0.3) is 0 Å². The first kappa shape index (κ1) is 21.4. The van der Waals surface area contributed by atoms with Crippen LogP contribution in [0.3, 0.4) is 0 Å². The monoisotopic (exact) mass is 435 g/mol. The van der Waals surface area contributed by atoms with Gasteiger partial charge in [-0.2, -0.15) is 0 Å². The number of rotatable bonds is 6. The molecule has 7 heteroatoms. The Morgan fingerprint density at radius 1 is 0.938 bits per heavy atom. The number of carbonyl (C=O) groups is 1. The molecule has 5 nitrogen and oxygen atoms in total. The van der Waals surface area contributed by atoms with Gasteiger partial charge in [0.05, 0.1) is 4.92 Å². The number of benzene rings is 3. The van der Waals surface area contributed by atoms with Gasteiger partial charge >= 0.3 is 5.97 Å². The molecule has 3 aromatic rings. The summed E-state index contributed by atoms with van der Waals surface area (Å²) in [7, 11) is 0.